The molecule has 2 rings (SSSR count). The van der Waals surface area contributed by atoms with Crippen molar-refractivity contribution in [2.24, 2.45) is 11.1 Å². The lowest BCUT2D eigenvalue weighted by molar-refractivity contribution is 0.305. The lowest BCUT2D eigenvalue weighted by Gasteiger charge is -2.27. The summed E-state index contributed by atoms with van der Waals surface area (Å²) >= 11 is 0. The smallest absolute Gasteiger partial charge is 0.150 e. The van der Waals surface area contributed by atoms with Crippen molar-refractivity contribution in [2.45, 2.75) is 32.6 Å². The average Bonchev–Trinajstić information content (AvgIpc) is 2.76. The van der Waals surface area contributed by atoms with Crippen LogP contribution in [0.5, 0.6) is 0 Å². The number of sulfone groups is 1. The monoisotopic (exact) mass is 281 g/mol. The summed E-state index contributed by atoms with van der Waals surface area (Å²) in [6.07, 6.45) is 3.21. The molecule has 1 aromatic carbocycles. The van der Waals surface area contributed by atoms with Crippen LogP contribution in [0.25, 0.3) is 0 Å². The highest BCUT2D eigenvalue weighted by atomic mass is 32.2. The van der Waals surface area contributed by atoms with Crippen LogP contribution >= 0.6 is 0 Å². The van der Waals surface area contributed by atoms with Gasteiger partial charge in [-0.05, 0) is 48.8 Å². The van der Waals surface area contributed by atoms with Gasteiger partial charge in [0.2, 0.25) is 0 Å². The molecule has 0 unspecified atom stereocenters. The van der Waals surface area contributed by atoms with Crippen LogP contribution in [-0.2, 0) is 22.7 Å². The summed E-state index contributed by atoms with van der Waals surface area (Å²) < 4.78 is 23.8. The molecule has 0 heterocycles. The predicted octanol–water partition coefficient (Wildman–Crippen LogP) is 1.95. The number of fused-ring (bicyclic) bond motifs is 1. The molecule has 0 radical (unpaired) electrons. The summed E-state index contributed by atoms with van der Waals surface area (Å²) in [6, 6.07) is 8.35. The third-order valence-electron chi connectivity index (χ3n) is 4.14. The maximum Gasteiger partial charge on any atom is 0.150 e. The van der Waals surface area contributed by atoms with Crippen LogP contribution in [0.4, 0.5) is 0 Å². The molecule has 0 bridgehead atoms. The van der Waals surface area contributed by atoms with Crippen molar-refractivity contribution >= 4 is 9.84 Å². The van der Waals surface area contributed by atoms with E-state index in [0.29, 0.717) is 25.1 Å². The van der Waals surface area contributed by atoms with Crippen LogP contribution < -0.4 is 5.73 Å². The summed E-state index contributed by atoms with van der Waals surface area (Å²) in [4.78, 5) is 0. The molecular formula is C15H23NO2S. The zero-order chi connectivity index (χ0) is 13.9. The van der Waals surface area contributed by atoms with Gasteiger partial charge in [-0.15, -0.1) is 0 Å². The molecule has 106 valence electrons. The second kappa shape index (κ2) is 5.63. The fraction of sp³-hybridized carbons (Fsp3) is 0.600. The van der Waals surface area contributed by atoms with E-state index in [1.54, 1.807) is 0 Å². The van der Waals surface area contributed by atoms with Gasteiger partial charge in [-0.3, -0.25) is 0 Å². The first kappa shape index (κ1) is 14.5. The molecule has 4 heteroatoms. The number of hydrogen-bond acceptors (Lipinski definition) is 3. The molecule has 19 heavy (non-hydrogen) atoms. The SMILES string of the molecule is CCCS(=O)(=O)CCC1(CN)Cc2ccccc2C1. The summed E-state index contributed by atoms with van der Waals surface area (Å²) in [5.41, 5.74) is 8.57. The van der Waals surface area contributed by atoms with Crippen LogP contribution in [0.2, 0.25) is 0 Å². The van der Waals surface area contributed by atoms with Crippen molar-refractivity contribution < 1.29 is 8.42 Å². The van der Waals surface area contributed by atoms with E-state index in [4.69, 9.17) is 5.73 Å². The third kappa shape index (κ3) is 3.37. The van der Waals surface area contributed by atoms with Gasteiger partial charge >= 0.3 is 0 Å². The van der Waals surface area contributed by atoms with Crippen molar-refractivity contribution in [3.8, 4) is 0 Å². The largest absolute Gasteiger partial charge is 0.330 e. The highest BCUT2D eigenvalue weighted by molar-refractivity contribution is 7.91. The molecule has 0 amide bonds. The van der Waals surface area contributed by atoms with Crippen molar-refractivity contribution in [1.82, 2.24) is 0 Å². The van der Waals surface area contributed by atoms with Crippen LogP contribution in [-0.4, -0.2) is 26.5 Å². The molecule has 0 saturated carbocycles. The Kier molecular flexibility index (Phi) is 4.31. The number of nitrogens with two attached hydrogens (primary N) is 1. The minimum Gasteiger partial charge on any atom is -0.330 e. The van der Waals surface area contributed by atoms with E-state index in [0.717, 1.165) is 12.8 Å². The maximum absolute atomic E-state index is 11.9. The molecule has 0 saturated heterocycles. The summed E-state index contributed by atoms with van der Waals surface area (Å²) in [6.45, 7) is 2.46. The van der Waals surface area contributed by atoms with Crippen LogP contribution in [0.3, 0.4) is 0 Å². The molecule has 1 aromatic rings. The first-order valence-electron chi connectivity index (χ1n) is 6.97. The first-order valence-corrected chi connectivity index (χ1v) is 8.80. The standard InChI is InChI=1S/C15H23NO2S/c1-2-8-19(17,18)9-7-15(12-16)10-13-5-3-4-6-14(13)11-15/h3-6H,2,7-12,16H2,1H3. The molecule has 3 nitrogen and oxygen atoms in total. The van der Waals surface area contributed by atoms with E-state index < -0.39 is 9.84 Å². The van der Waals surface area contributed by atoms with E-state index in [9.17, 15) is 8.42 Å². The van der Waals surface area contributed by atoms with Gasteiger partial charge in [-0.1, -0.05) is 31.2 Å². The van der Waals surface area contributed by atoms with Gasteiger partial charge in [0, 0.05) is 5.75 Å². The summed E-state index contributed by atoms with van der Waals surface area (Å²) in [7, 11) is -2.91. The predicted molar refractivity (Wildman–Crippen MR) is 78.9 cm³/mol. The molecule has 0 fully saturated rings. The van der Waals surface area contributed by atoms with Crippen LogP contribution in [0.1, 0.15) is 30.9 Å². The normalized spacial score (nSPS) is 17.4. The van der Waals surface area contributed by atoms with E-state index in [1.807, 2.05) is 19.1 Å². The topological polar surface area (TPSA) is 60.2 Å². The van der Waals surface area contributed by atoms with Crippen LogP contribution in [0, 0.1) is 5.41 Å². The Bertz CT molecular complexity index is 512. The van der Waals surface area contributed by atoms with Gasteiger partial charge in [-0.2, -0.15) is 0 Å². The van der Waals surface area contributed by atoms with E-state index in [2.05, 4.69) is 12.1 Å². The number of rotatable bonds is 6. The fourth-order valence-corrected chi connectivity index (χ4v) is 4.55. The second-order valence-electron chi connectivity index (χ2n) is 5.73. The minimum atomic E-state index is -2.91. The van der Waals surface area contributed by atoms with Gasteiger partial charge in [0.25, 0.3) is 0 Å². The Morgan fingerprint density at radius 1 is 1.16 bits per heavy atom. The minimum absolute atomic E-state index is 0.0511. The zero-order valence-corrected chi connectivity index (χ0v) is 12.4. The van der Waals surface area contributed by atoms with Crippen molar-refractivity contribution in [2.75, 3.05) is 18.1 Å². The Balaban J connectivity index is 2.07. The molecule has 1 aliphatic carbocycles. The molecule has 0 aromatic heterocycles. The number of hydrogen-bond donors (Lipinski definition) is 1. The molecular weight excluding hydrogens is 258 g/mol. The van der Waals surface area contributed by atoms with Gasteiger partial charge in [-0.25, -0.2) is 8.42 Å². The first-order chi connectivity index (χ1) is 9.00. The van der Waals surface area contributed by atoms with E-state index in [-0.39, 0.29) is 11.2 Å². The Hall–Kier alpha value is -0.870. The molecule has 1 aliphatic rings. The highest BCUT2D eigenvalue weighted by Crippen LogP contribution is 2.39. The lowest BCUT2D eigenvalue weighted by atomic mass is 9.82. The molecule has 0 aliphatic heterocycles. The van der Waals surface area contributed by atoms with Gasteiger partial charge in [0.05, 0.1) is 5.75 Å². The van der Waals surface area contributed by atoms with E-state index in [1.165, 1.54) is 11.1 Å². The van der Waals surface area contributed by atoms with Crippen LogP contribution in [0.15, 0.2) is 24.3 Å². The van der Waals surface area contributed by atoms with Crippen molar-refractivity contribution in [3.63, 3.8) is 0 Å². The number of benzene rings is 1. The Morgan fingerprint density at radius 3 is 2.21 bits per heavy atom. The summed E-state index contributed by atoms with van der Waals surface area (Å²) in [5.74, 6) is 0.562. The van der Waals surface area contributed by atoms with Crippen molar-refractivity contribution in [3.05, 3.63) is 35.4 Å². The third-order valence-corrected chi connectivity index (χ3v) is 6.00. The quantitative estimate of drug-likeness (QED) is 0.867. The van der Waals surface area contributed by atoms with Gasteiger partial charge in [0.15, 0.2) is 0 Å². The highest BCUT2D eigenvalue weighted by Gasteiger charge is 2.36. The summed E-state index contributed by atoms with van der Waals surface area (Å²) in [5, 5.41) is 0. The second-order valence-corrected chi connectivity index (χ2v) is 8.03. The Labute approximate surface area is 116 Å². The van der Waals surface area contributed by atoms with Crippen molar-refractivity contribution in [1.29, 1.82) is 0 Å². The molecule has 0 spiro atoms. The fourth-order valence-electron chi connectivity index (χ4n) is 2.98. The Morgan fingerprint density at radius 2 is 1.74 bits per heavy atom. The van der Waals surface area contributed by atoms with Gasteiger partial charge < -0.3 is 5.73 Å². The maximum atomic E-state index is 11.9. The van der Waals surface area contributed by atoms with E-state index >= 15 is 0 Å². The van der Waals surface area contributed by atoms with Gasteiger partial charge in [0.1, 0.15) is 9.84 Å². The average molecular weight is 281 g/mol. The molecule has 0 atom stereocenters. The molecule has 2 N–H and O–H groups in total. The zero-order valence-electron chi connectivity index (χ0n) is 11.6. The lowest BCUT2D eigenvalue weighted by Crippen LogP contribution is -2.33.